The van der Waals surface area contributed by atoms with E-state index in [-0.39, 0.29) is 0 Å². The Labute approximate surface area is 336 Å². The van der Waals surface area contributed by atoms with Gasteiger partial charge in [-0.1, -0.05) is 170 Å². The van der Waals surface area contributed by atoms with Gasteiger partial charge in [-0.2, -0.15) is 0 Å². The standard InChI is InChI=1S/C55H36N2O/c1-3-17-39(18-4-1)52-47-26-10-9-16-38(47)31-33-50(52)57(45-23-5-2-6-24-45)49-28-12-11-25-46(49)42-21-13-22-43(36-42)48-27-14-20-40-32-34-51-54(53(40)48)56-55(58-51)44-30-29-37-15-7-8-19-41(37)35-44/h1-36H. The molecule has 0 atom stereocenters. The van der Waals surface area contributed by atoms with Crippen molar-refractivity contribution in [3.05, 3.63) is 218 Å². The van der Waals surface area contributed by atoms with Crippen molar-refractivity contribution in [3.8, 4) is 44.8 Å². The van der Waals surface area contributed by atoms with Crippen LogP contribution in [0.2, 0.25) is 0 Å². The van der Waals surface area contributed by atoms with E-state index in [1.54, 1.807) is 0 Å². The average molecular weight is 741 g/mol. The van der Waals surface area contributed by atoms with Crippen molar-refractivity contribution in [2.24, 2.45) is 0 Å². The molecule has 0 N–H and O–H groups in total. The quantitative estimate of drug-likeness (QED) is 0.163. The van der Waals surface area contributed by atoms with Gasteiger partial charge in [-0.15, -0.1) is 0 Å². The molecular weight excluding hydrogens is 705 g/mol. The molecule has 0 saturated heterocycles. The van der Waals surface area contributed by atoms with Gasteiger partial charge in [0.1, 0.15) is 5.52 Å². The summed E-state index contributed by atoms with van der Waals surface area (Å²) in [6.07, 6.45) is 0. The first-order chi connectivity index (χ1) is 28.8. The molecule has 272 valence electrons. The van der Waals surface area contributed by atoms with Crippen LogP contribution in [0.25, 0.3) is 88.3 Å². The number of fused-ring (bicyclic) bond motifs is 5. The second-order valence-electron chi connectivity index (χ2n) is 14.7. The fourth-order valence-electron chi connectivity index (χ4n) is 8.56. The summed E-state index contributed by atoms with van der Waals surface area (Å²) in [6, 6.07) is 77.8. The molecule has 0 aliphatic rings. The van der Waals surface area contributed by atoms with Gasteiger partial charge in [-0.25, -0.2) is 4.98 Å². The predicted molar refractivity (Wildman–Crippen MR) is 243 cm³/mol. The normalized spacial score (nSPS) is 11.4. The summed E-state index contributed by atoms with van der Waals surface area (Å²) in [5, 5.41) is 6.97. The third kappa shape index (κ3) is 5.80. The molecule has 1 aromatic heterocycles. The van der Waals surface area contributed by atoms with Crippen molar-refractivity contribution in [3.63, 3.8) is 0 Å². The molecule has 11 aromatic rings. The number of hydrogen-bond donors (Lipinski definition) is 0. The molecular formula is C55H36N2O. The third-order valence-corrected chi connectivity index (χ3v) is 11.3. The lowest BCUT2D eigenvalue weighted by Crippen LogP contribution is -2.12. The lowest BCUT2D eigenvalue weighted by atomic mass is 9.93. The van der Waals surface area contributed by atoms with E-state index in [2.05, 4.69) is 217 Å². The summed E-state index contributed by atoms with van der Waals surface area (Å²) >= 11 is 0. The highest BCUT2D eigenvalue weighted by Gasteiger charge is 2.22. The number of oxazole rings is 1. The summed E-state index contributed by atoms with van der Waals surface area (Å²) in [5.74, 6) is 0.621. The van der Waals surface area contributed by atoms with Crippen molar-refractivity contribution in [1.29, 1.82) is 0 Å². The Morgan fingerprint density at radius 1 is 0.379 bits per heavy atom. The zero-order valence-corrected chi connectivity index (χ0v) is 31.6. The summed E-state index contributed by atoms with van der Waals surface area (Å²) in [6.45, 7) is 0. The van der Waals surface area contributed by atoms with Gasteiger partial charge in [-0.05, 0) is 97.7 Å². The Morgan fingerprint density at radius 2 is 1.00 bits per heavy atom. The third-order valence-electron chi connectivity index (χ3n) is 11.3. The Hall–Kier alpha value is -7.75. The van der Waals surface area contributed by atoms with Crippen LogP contribution in [0, 0.1) is 0 Å². The van der Waals surface area contributed by atoms with Crippen LogP contribution in [0.4, 0.5) is 17.1 Å². The number of nitrogens with zero attached hydrogens (tertiary/aromatic N) is 2. The molecule has 0 unspecified atom stereocenters. The molecule has 0 spiro atoms. The maximum Gasteiger partial charge on any atom is 0.227 e. The first-order valence-electron chi connectivity index (χ1n) is 19.7. The highest BCUT2D eigenvalue weighted by molar-refractivity contribution is 6.12. The van der Waals surface area contributed by atoms with Gasteiger partial charge in [-0.3, -0.25) is 0 Å². The van der Waals surface area contributed by atoms with Gasteiger partial charge in [0.25, 0.3) is 0 Å². The van der Waals surface area contributed by atoms with Gasteiger partial charge >= 0.3 is 0 Å². The minimum absolute atomic E-state index is 0.621. The molecule has 3 heteroatoms. The highest BCUT2D eigenvalue weighted by atomic mass is 16.3. The Bertz CT molecular complexity index is 3290. The van der Waals surface area contributed by atoms with Gasteiger partial charge in [0.05, 0.1) is 11.4 Å². The highest BCUT2D eigenvalue weighted by Crippen LogP contribution is 2.47. The van der Waals surface area contributed by atoms with Gasteiger partial charge in [0, 0.05) is 27.8 Å². The van der Waals surface area contributed by atoms with Crippen LogP contribution < -0.4 is 4.90 Å². The van der Waals surface area contributed by atoms with Crippen LogP contribution in [-0.4, -0.2) is 4.98 Å². The largest absolute Gasteiger partial charge is 0.436 e. The van der Waals surface area contributed by atoms with Crippen LogP contribution in [0.3, 0.4) is 0 Å². The van der Waals surface area contributed by atoms with E-state index in [0.29, 0.717) is 5.89 Å². The minimum Gasteiger partial charge on any atom is -0.436 e. The van der Waals surface area contributed by atoms with Crippen molar-refractivity contribution < 1.29 is 4.42 Å². The first kappa shape index (κ1) is 33.6. The van der Waals surface area contributed by atoms with E-state index in [4.69, 9.17) is 9.40 Å². The fraction of sp³-hybridized carbons (Fsp3) is 0. The topological polar surface area (TPSA) is 29.3 Å². The smallest absolute Gasteiger partial charge is 0.227 e. The van der Waals surface area contributed by atoms with E-state index in [9.17, 15) is 0 Å². The molecule has 58 heavy (non-hydrogen) atoms. The molecule has 11 rings (SSSR count). The van der Waals surface area contributed by atoms with Crippen LogP contribution in [0.15, 0.2) is 223 Å². The van der Waals surface area contributed by atoms with E-state index in [1.165, 1.54) is 27.3 Å². The molecule has 0 saturated carbocycles. The van der Waals surface area contributed by atoms with Crippen molar-refractivity contribution >= 4 is 60.5 Å². The Morgan fingerprint density at radius 3 is 1.86 bits per heavy atom. The molecule has 1 heterocycles. The van der Waals surface area contributed by atoms with Gasteiger partial charge < -0.3 is 9.32 Å². The van der Waals surface area contributed by atoms with Gasteiger partial charge in [0.2, 0.25) is 5.89 Å². The van der Waals surface area contributed by atoms with E-state index in [1.807, 2.05) is 6.07 Å². The second-order valence-corrected chi connectivity index (χ2v) is 14.7. The zero-order chi connectivity index (χ0) is 38.4. The number of hydrogen-bond acceptors (Lipinski definition) is 3. The molecule has 0 amide bonds. The van der Waals surface area contributed by atoms with E-state index < -0.39 is 0 Å². The molecule has 0 radical (unpaired) electrons. The molecule has 3 nitrogen and oxygen atoms in total. The van der Waals surface area contributed by atoms with E-state index >= 15 is 0 Å². The van der Waals surface area contributed by atoms with Crippen molar-refractivity contribution in [1.82, 2.24) is 4.98 Å². The number of rotatable bonds is 7. The summed E-state index contributed by atoms with van der Waals surface area (Å²) in [4.78, 5) is 7.59. The van der Waals surface area contributed by atoms with Crippen LogP contribution in [0.5, 0.6) is 0 Å². The fourth-order valence-corrected chi connectivity index (χ4v) is 8.56. The lowest BCUT2D eigenvalue weighted by molar-refractivity contribution is 0.620. The number of anilines is 3. The molecule has 0 fully saturated rings. The van der Waals surface area contributed by atoms with Crippen LogP contribution in [-0.2, 0) is 0 Å². The predicted octanol–water partition coefficient (Wildman–Crippen LogP) is 15.4. The van der Waals surface area contributed by atoms with Crippen LogP contribution >= 0.6 is 0 Å². The van der Waals surface area contributed by atoms with Crippen molar-refractivity contribution in [2.45, 2.75) is 0 Å². The Balaban J connectivity index is 1.08. The minimum atomic E-state index is 0.621. The molecule has 0 bridgehead atoms. The summed E-state index contributed by atoms with van der Waals surface area (Å²) in [7, 11) is 0. The maximum atomic E-state index is 6.47. The molecule has 0 aliphatic heterocycles. The van der Waals surface area contributed by atoms with Crippen LogP contribution in [0.1, 0.15) is 0 Å². The van der Waals surface area contributed by atoms with Gasteiger partial charge in [0.15, 0.2) is 5.58 Å². The first-order valence-corrected chi connectivity index (χ1v) is 19.7. The average Bonchev–Trinajstić information content (AvgIpc) is 3.75. The summed E-state index contributed by atoms with van der Waals surface area (Å²) in [5.41, 5.74) is 12.7. The summed E-state index contributed by atoms with van der Waals surface area (Å²) < 4.78 is 6.47. The Kier molecular flexibility index (Phi) is 8.15. The monoisotopic (exact) mass is 740 g/mol. The van der Waals surface area contributed by atoms with Crippen molar-refractivity contribution in [2.75, 3.05) is 4.90 Å². The number of benzene rings is 10. The van der Waals surface area contributed by atoms with E-state index in [0.717, 1.165) is 72.1 Å². The number of para-hydroxylation sites is 2. The zero-order valence-electron chi connectivity index (χ0n) is 31.6. The maximum absolute atomic E-state index is 6.47. The lowest BCUT2D eigenvalue weighted by Gasteiger charge is -2.30. The SMILES string of the molecule is c1ccc(-c2c(N(c3ccccc3)c3ccccc3-c3cccc(-c4cccc5ccc6oc(-c7ccc8ccccc8c7)nc6c45)c3)ccc3ccccc23)cc1. The molecule has 10 aromatic carbocycles. The molecule has 0 aliphatic carbocycles. The second kappa shape index (κ2) is 14.1. The number of aromatic nitrogens is 1.